The molecule has 1 heterocycles. The minimum atomic E-state index is -4.77. The van der Waals surface area contributed by atoms with Gasteiger partial charge in [-0.25, -0.2) is 8.42 Å². The van der Waals surface area contributed by atoms with Crippen molar-refractivity contribution in [1.29, 1.82) is 0 Å². The molecular weight excluding hydrogens is 345 g/mol. The summed E-state index contributed by atoms with van der Waals surface area (Å²) in [6.45, 7) is 0. The molecule has 0 aliphatic heterocycles. The van der Waals surface area contributed by atoms with Gasteiger partial charge in [-0.2, -0.15) is 13.2 Å². The van der Waals surface area contributed by atoms with Crippen LogP contribution < -0.4 is 9.47 Å². The van der Waals surface area contributed by atoms with Crippen LogP contribution in [0.1, 0.15) is 5.01 Å². The predicted octanol–water partition coefficient (Wildman–Crippen LogP) is 2.41. The number of ether oxygens (including phenoxy) is 2. The van der Waals surface area contributed by atoms with Gasteiger partial charge in [0.15, 0.2) is 4.90 Å². The smallest absolute Gasteiger partial charge is 0.445 e. The monoisotopic (exact) mass is 354 g/mol. The SMILES string of the molecule is COc1cccc(OC)c1S(=O)(=O)c1nnc(C(F)(F)F)s1. The minimum Gasteiger partial charge on any atom is -0.495 e. The van der Waals surface area contributed by atoms with Crippen LogP contribution in [-0.2, 0) is 16.0 Å². The van der Waals surface area contributed by atoms with E-state index in [9.17, 15) is 21.6 Å². The fourth-order valence-corrected chi connectivity index (χ4v) is 4.13. The zero-order valence-corrected chi connectivity index (χ0v) is 12.8. The van der Waals surface area contributed by atoms with E-state index in [2.05, 4.69) is 10.2 Å². The maximum absolute atomic E-state index is 12.5. The van der Waals surface area contributed by atoms with Gasteiger partial charge in [-0.15, -0.1) is 10.2 Å². The maximum Gasteiger partial charge on any atom is 0.445 e. The lowest BCUT2D eigenvalue weighted by Crippen LogP contribution is -2.06. The molecule has 0 aliphatic carbocycles. The summed E-state index contributed by atoms with van der Waals surface area (Å²) >= 11 is -0.0663. The molecular formula is C11H9F3N2O4S2. The number of benzene rings is 1. The van der Waals surface area contributed by atoms with Crippen LogP contribution in [0, 0.1) is 0 Å². The summed E-state index contributed by atoms with van der Waals surface area (Å²) < 4.78 is 71.8. The third-order valence-corrected chi connectivity index (χ3v) is 5.68. The van der Waals surface area contributed by atoms with Crippen molar-refractivity contribution in [2.45, 2.75) is 15.4 Å². The van der Waals surface area contributed by atoms with Crippen LogP contribution in [0.15, 0.2) is 27.4 Å². The van der Waals surface area contributed by atoms with Crippen molar-refractivity contribution in [3.8, 4) is 11.5 Å². The summed E-state index contributed by atoms with van der Waals surface area (Å²) in [5, 5.41) is 4.66. The van der Waals surface area contributed by atoms with E-state index in [4.69, 9.17) is 9.47 Å². The molecule has 0 radical (unpaired) electrons. The van der Waals surface area contributed by atoms with Crippen molar-refractivity contribution in [3.05, 3.63) is 23.2 Å². The molecule has 0 spiro atoms. The van der Waals surface area contributed by atoms with Crippen LogP contribution in [0.4, 0.5) is 13.2 Å². The van der Waals surface area contributed by atoms with Crippen molar-refractivity contribution in [3.63, 3.8) is 0 Å². The molecule has 0 amide bonds. The lowest BCUT2D eigenvalue weighted by molar-refractivity contribution is -0.138. The molecule has 0 atom stereocenters. The number of methoxy groups -OCH3 is 2. The molecule has 0 saturated carbocycles. The molecule has 0 aliphatic rings. The molecule has 1 aromatic carbocycles. The first-order chi connectivity index (χ1) is 10.2. The standard InChI is InChI=1S/C11H9F3N2O4S2/c1-19-6-4-3-5-7(20-2)8(6)22(17,18)10-16-15-9(21-10)11(12,13)14/h3-5H,1-2H3. The van der Waals surface area contributed by atoms with E-state index in [1.165, 1.54) is 32.4 Å². The zero-order valence-electron chi connectivity index (χ0n) is 11.2. The average molecular weight is 354 g/mol. The van der Waals surface area contributed by atoms with Crippen LogP contribution in [0.3, 0.4) is 0 Å². The summed E-state index contributed by atoms with van der Waals surface area (Å²) in [5.41, 5.74) is 0. The maximum atomic E-state index is 12.5. The van der Waals surface area contributed by atoms with Gasteiger partial charge < -0.3 is 9.47 Å². The zero-order chi connectivity index (χ0) is 16.5. The first kappa shape index (κ1) is 16.5. The lowest BCUT2D eigenvalue weighted by atomic mass is 10.3. The second-order valence-electron chi connectivity index (χ2n) is 3.87. The highest BCUT2D eigenvalue weighted by molar-refractivity contribution is 7.93. The van der Waals surface area contributed by atoms with Gasteiger partial charge in [0.05, 0.1) is 14.2 Å². The Morgan fingerprint density at radius 2 is 1.64 bits per heavy atom. The third kappa shape index (κ3) is 2.86. The molecule has 1 aromatic heterocycles. The van der Waals surface area contributed by atoms with Crippen LogP contribution in [0.25, 0.3) is 0 Å². The van der Waals surface area contributed by atoms with E-state index in [0.717, 1.165) is 0 Å². The van der Waals surface area contributed by atoms with Crippen LogP contribution in [0.2, 0.25) is 0 Å². The van der Waals surface area contributed by atoms with Gasteiger partial charge >= 0.3 is 6.18 Å². The topological polar surface area (TPSA) is 78.4 Å². The van der Waals surface area contributed by atoms with E-state index in [1.807, 2.05) is 0 Å². The predicted molar refractivity (Wildman–Crippen MR) is 69.9 cm³/mol. The van der Waals surface area contributed by atoms with Crippen LogP contribution >= 0.6 is 11.3 Å². The number of halogens is 3. The molecule has 0 unspecified atom stereocenters. The number of rotatable bonds is 4. The fraction of sp³-hybridized carbons (Fsp3) is 0.273. The first-order valence-electron chi connectivity index (χ1n) is 5.58. The summed E-state index contributed by atoms with van der Waals surface area (Å²) in [7, 11) is -1.91. The van der Waals surface area contributed by atoms with E-state index in [1.54, 1.807) is 0 Å². The number of alkyl halides is 3. The number of sulfone groups is 1. The van der Waals surface area contributed by atoms with Gasteiger partial charge in [-0.3, -0.25) is 0 Å². The van der Waals surface area contributed by atoms with E-state index >= 15 is 0 Å². The molecule has 0 saturated heterocycles. The number of hydrogen-bond acceptors (Lipinski definition) is 7. The second kappa shape index (κ2) is 5.72. The van der Waals surface area contributed by atoms with Gasteiger partial charge in [0.1, 0.15) is 11.5 Å². The molecule has 22 heavy (non-hydrogen) atoms. The summed E-state index contributed by atoms with van der Waals surface area (Å²) in [6.07, 6.45) is -4.77. The molecule has 0 bridgehead atoms. The fourth-order valence-electron chi connectivity index (χ4n) is 1.60. The summed E-state index contributed by atoms with van der Waals surface area (Å²) in [6, 6.07) is 4.18. The average Bonchev–Trinajstić information content (AvgIpc) is 2.96. The molecule has 6 nitrogen and oxygen atoms in total. The highest BCUT2D eigenvalue weighted by atomic mass is 32.2. The van der Waals surface area contributed by atoms with Gasteiger partial charge in [0.2, 0.25) is 19.2 Å². The quantitative estimate of drug-likeness (QED) is 0.839. The Bertz CT molecular complexity index is 765. The van der Waals surface area contributed by atoms with Crippen molar-refractivity contribution in [2.24, 2.45) is 0 Å². The Kier molecular flexibility index (Phi) is 4.29. The normalized spacial score (nSPS) is 12.2. The molecule has 2 rings (SSSR count). The lowest BCUT2D eigenvalue weighted by Gasteiger charge is -2.11. The van der Waals surface area contributed by atoms with Gasteiger partial charge in [-0.1, -0.05) is 17.4 Å². The summed E-state index contributed by atoms with van der Waals surface area (Å²) in [5.74, 6) is -0.133. The highest BCUT2D eigenvalue weighted by Crippen LogP contribution is 2.39. The van der Waals surface area contributed by atoms with E-state index < -0.39 is 30.3 Å². The van der Waals surface area contributed by atoms with Gasteiger partial charge in [-0.05, 0) is 12.1 Å². The number of hydrogen-bond donors (Lipinski definition) is 0. The number of aromatic nitrogens is 2. The molecule has 2 aromatic rings. The molecule has 120 valence electrons. The Labute approximate surface area is 127 Å². The number of nitrogens with zero attached hydrogens (tertiary/aromatic N) is 2. The van der Waals surface area contributed by atoms with Crippen molar-refractivity contribution >= 4 is 21.2 Å². The van der Waals surface area contributed by atoms with E-state index in [-0.39, 0.29) is 22.8 Å². The van der Waals surface area contributed by atoms with Crippen molar-refractivity contribution in [2.75, 3.05) is 14.2 Å². The van der Waals surface area contributed by atoms with E-state index in [0.29, 0.717) is 0 Å². The molecule has 0 N–H and O–H groups in total. The molecule has 0 fully saturated rings. The minimum absolute atomic E-state index is 0.0663. The third-order valence-electron chi connectivity index (χ3n) is 2.53. The van der Waals surface area contributed by atoms with Crippen molar-refractivity contribution < 1.29 is 31.1 Å². The largest absolute Gasteiger partial charge is 0.495 e. The summed E-state index contributed by atoms with van der Waals surface area (Å²) in [4.78, 5) is -0.398. The Morgan fingerprint density at radius 1 is 1.09 bits per heavy atom. The Hall–Kier alpha value is -1.88. The highest BCUT2D eigenvalue weighted by Gasteiger charge is 2.39. The van der Waals surface area contributed by atoms with Gasteiger partial charge in [0.25, 0.3) is 0 Å². The Morgan fingerprint density at radius 3 is 2.05 bits per heavy atom. The van der Waals surface area contributed by atoms with Crippen LogP contribution in [-0.4, -0.2) is 32.8 Å². The van der Waals surface area contributed by atoms with Crippen LogP contribution in [0.5, 0.6) is 11.5 Å². The Balaban J connectivity index is 2.63. The molecule has 11 heteroatoms. The second-order valence-corrected chi connectivity index (χ2v) is 6.90. The van der Waals surface area contributed by atoms with Gasteiger partial charge in [0, 0.05) is 0 Å². The first-order valence-corrected chi connectivity index (χ1v) is 7.88. The van der Waals surface area contributed by atoms with Crippen molar-refractivity contribution in [1.82, 2.24) is 10.2 Å².